The Morgan fingerprint density at radius 1 is 1.21 bits per heavy atom. The van der Waals surface area contributed by atoms with Crippen molar-refractivity contribution in [2.45, 2.75) is 13.3 Å². The number of carbonyl (C=O) groups is 2. The molecule has 0 bridgehead atoms. The Kier molecular flexibility index (Phi) is 6.06. The first kappa shape index (κ1) is 20.0. The average molecular weight is 423 g/mol. The molecule has 0 spiro atoms. The maximum Gasteiger partial charge on any atom is 0.310 e. The first-order chi connectivity index (χ1) is 13.5. The first-order valence-electron chi connectivity index (χ1n) is 8.29. The van der Waals surface area contributed by atoms with Gasteiger partial charge >= 0.3 is 5.97 Å². The van der Waals surface area contributed by atoms with E-state index in [9.17, 15) is 9.59 Å². The lowest BCUT2D eigenvalue weighted by Crippen LogP contribution is -2.14. The van der Waals surface area contributed by atoms with E-state index in [2.05, 4.69) is 10.3 Å². The normalized spacial score (nSPS) is 10.7. The molecule has 0 aliphatic carbocycles. The molecule has 1 amide bonds. The number of rotatable bonds is 6. The van der Waals surface area contributed by atoms with Crippen molar-refractivity contribution in [2.24, 2.45) is 0 Å². The van der Waals surface area contributed by atoms with Gasteiger partial charge in [0.2, 0.25) is 0 Å². The van der Waals surface area contributed by atoms with E-state index in [-0.39, 0.29) is 34.3 Å². The van der Waals surface area contributed by atoms with Crippen LogP contribution in [-0.2, 0) is 16.0 Å². The Labute approximate surface area is 170 Å². The van der Waals surface area contributed by atoms with Crippen LogP contribution in [0.25, 0.3) is 11.0 Å². The fraction of sp³-hybridized carbons (Fsp3) is 0.211. The number of ether oxygens (including phenoxy) is 2. The van der Waals surface area contributed by atoms with Gasteiger partial charge in [-0.15, -0.1) is 0 Å². The zero-order chi connectivity index (χ0) is 20.3. The van der Waals surface area contributed by atoms with Gasteiger partial charge in [0.1, 0.15) is 0 Å². The number of esters is 1. The molecule has 0 aliphatic rings. The van der Waals surface area contributed by atoms with Crippen LogP contribution < -0.4 is 10.1 Å². The number of amides is 1. The molecule has 0 saturated carbocycles. The van der Waals surface area contributed by atoms with Crippen molar-refractivity contribution in [1.82, 2.24) is 4.98 Å². The number of nitrogens with zero attached hydrogens (tertiary/aromatic N) is 1. The number of furan rings is 1. The Morgan fingerprint density at radius 3 is 2.57 bits per heavy atom. The molecule has 3 rings (SSSR count). The number of methoxy groups -OCH3 is 1. The molecule has 28 heavy (non-hydrogen) atoms. The minimum absolute atomic E-state index is 0.0505. The standard InChI is InChI=1S/C19H16Cl2N2O5/c1-3-27-15(24)6-10-9-28-18-14(26-2)5-4-11(16(10)18)19(25)23-17-12(20)7-22-8-13(17)21/h4-5,7-9H,3,6H2,1-2H3,(H,22,23,25). The summed E-state index contributed by atoms with van der Waals surface area (Å²) in [6.07, 6.45) is 4.10. The van der Waals surface area contributed by atoms with E-state index < -0.39 is 11.9 Å². The van der Waals surface area contributed by atoms with Crippen molar-refractivity contribution in [3.63, 3.8) is 0 Å². The van der Waals surface area contributed by atoms with Gasteiger partial charge in [-0.1, -0.05) is 23.2 Å². The lowest BCUT2D eigenvalue weighted by molar-refractivity contribution is -0.142. The summed E-state index contributed by atoms with van der Waals surface area (Å²) in [6, 6.07) is 3.17. The third-order valence-electron chi connectivity index (χ3n) is 3.96. The minimum Gasteiger partial charge on any atom is -0.493 e. The van der Waals surface area contributed by atoms with Crippen LogP contribution in [-0.4, -0.2) is 30.6 Å². The zero-order valence-corrected chi connectivity index (χ0v) is 16.6. The number of nitrogens with one attached hydrogen (secondary N) is 1. The number of hydrogen-bond acceptors (Lipinski definition) is 6. The highest BCUT2D eigenvalue weighted by atomic mass is 35.5. The highest BCUT2D eigenvalue weighted by Gasteiger charge is 2.22. The maximum absolute atomic E-state index is 12.9. The predicted molar refractivity (Wildman–Crippen MR) is 105 cm³/mol. The number of anilines is 1. The SMILES string of the molecule is CCOC(=O)Cc1coc2c(OC)ccc(C(=O)Nc3c(Cl)cncc3Cl)c12. The molecule has 0 saturated heterocycles. The van der Waals surface area contributed by atoms with E-state index in [1.54, 1.807) is 19.1 Å². The van der Waals surface area contributed by atoms with Crippen LogP contribution in [0.2, 0.25) is 10.0 Å². The minimum atomic E-state index is -0.478. The van der Waals surface area contributed by atoms with E-state index in [4.69, 9.17) is 37.1 Å². The number of hydrogen-bond donors (Lipinski definition) is 1. The summed E-state index contributed by atoms with van der Waals surface area (Å²) >= 11 is 12.2. The number of pyridine rings is 1. The number of benzene rings is 1. The summed E-state index contributed by atoms with van der Waals surface area (Å²) in [6.45, 7) is 1.97. The van der Waals surface area contributed by atoms with Gasteiger partial charge in [-0.2, -0.15) is 0 Å². The first-order valence-corrected chi connectivity index (χ1v) is 9.04. The molecule has 9 heteroatoms. The lowest BCUT2D eigenvalue weighted by Gasteiger charge is -2.11. The number of halogens is 2. The molecule has 146 valence electrons. The molecule has 0 aliphatic heterocycles. The molecule has 1 N–H and O–H groups in total. The van der Waals surface area contributed by atoms with Crippen LogP contribution in [0.3, 0.4) is 0 Å². The molecular weight excluding hydrogens is 407 g/mol. The van der Waals surface area contributed by atoms with E-state index in [0.717, 1.165) is 0 Å². The summed E-state index contributed by atoms with van der Waals surface area (Å²) in [5, 5.41) is 3.53. The van der Waals surface area contributed by atoms with Crippen molar-refractivity contribution in [1.29, 1.82) is 0 Å². The molecule has 2 heterocycles. The van der Waals surface area contributed by atoms with Crippen molar-refractivity contribution in [3.05, 3.63) is 52.0 Å². The smallest absolute Gasteiger partial charge is 0.310 e. The quantitative estimate of drug-likeness (QED) is 0.587. The molecule has 0 radical (unpaired) electrons. The van der Waals surface area contributed by atoms with Gasteiger partial charge in [0, 0.05) is 23.3 Å². The molecule has 0 atom stereocenters. The molecule has 0 fully saturated rings. The zero-order valence-electron chi connectivity index (χ0n) is 15.0. The van der Waals surface area contributed by atoms with E-state index in [1.165, 1.54) is 25.8 Å². The Hall–Kier alpha value is -2.77. The highest BCUT2D eigenvalue weighted by molar-refractivity contribution is 6.39. The average Bonchev–Trinajstić information content (AvgIpc) is 3.08. The molecule has 0 unspecified atom stereocenters. The van der Waals surface area contributed by atoms with Crippen LogP contribution in [0.1, 0.15) is 22.8 Å². The molecule has 2 aromatic heterocycles. The van der Waals surface area contributed by atoms with Crippen LogP contribution in [0.5, 0.6) is 5.75 Å². The van der Waals surface area contributed by atoms with E-state index >= 15 is 0 Å². The summed E-state index contributed by atoms with van der Waals surface area (Å²) in [5.74, 6) is -0.476. The van der Waals surface area contributed by atoms with Crippen molar-refractivity contribution < 1.29 is 23.5 Å². The van der Waals surface area contributed by atoms with Crippen LogP contribution in [0, 0.1) is 0 Å². The van der Waals surface area contributed by atoms with E-state index in [1.807, 2.05) is 0 Å². The van der Waals surface area contributed by atoms with Gasteiger partial charge in [0.15, 0.2) is 11.3 Å². The van der Waals surface area contributed by atoms with Crippen LogP contribution in [0.4, 0.5) is 5.69 Å². The third kappa shape index (κ3) is 3.90. The fourth-order valence-corrected chi connectivity index (χ4v) is 3.21. The van der Waals surface area contributed by atoms with Crippen LogP contribution >= 0.6 is 23.2 Å². The molecule has 3 aromatic rings. The number of fused-ring (bicyclic) bond motifs is 1. The topological polar surface area (TPSA) is 90.7 Å². The van der Waals surface area contributed by atoms with Gasteiger partial charge in [0.25, 0.3) is 5.91 Å². The molecular formula is C19H16Cl2N2O5. The molecule has 1 aromatic carbocycles. The van der Waals surface area contributed by atoms with Gasteiger partial charge in [-0.3, -0.25) is 14.6 Å². The second-order valence-electron chi connectivity index (χ2n) is 5.69. The van der Waals surface area contributed by atoms with Gasteiger partial charge in [-0.05, 0) is 19.1 Å². The summed E-state index contributed by atoms with van der Waals surface area (Å²) < 4.78 is 15.8. The summed E-state index contributed by atoms with van der Waals surface area (Å²) in [4.78, 5) is 28.7. The van der Waals surface area contributed by atoms with Crippen molar-refractivity contribution in [3.8, 4) is 5.75 Å². The van der Waals surface area contributed by atoms with Crippen molar-refractivity contribution in [2.75, 3.05) is 19.0 Å². The molecule has 7 nitrogen and oxygen atoms in total. The lowest BCUT2D eigenvalue weighted by atomic mass is 10.0. The number of carbonyl (C=O) groups excluding carboxylic acids is 2. The second kappa shape index (κ2) is 8.50. The Morgan fingerprint density at radius 2 is 1.93 bits per heavy atom. The summed E-state index contributed by atoms with van der Waals surface area (Å²) in [7, 11) is 1.48. The largest absolute Gasteiger partial charge is 0.493 e. The summed E-state index contributed by atoms with van der Waals surface area (Å²) in [5.41, 5.74) is 1.36. The third-order valence-corrected chi connectivity index (χ3v) is 4.53. The van der Waals surface area contributed by atoms with E-state index in [0.29, 0.717) is 22.3 Å². The van der Waals surface area contributed by atoms with Crippen molar-refractivity contribution >= 4 is 51.7 Å². The van der Waals surface area contributed by atoms with Gasteiger partial charge in [0.05, 0.1) is 47.7 Å². The van der Waals surface area contributed by atoms with Crippen LogP contribution in [0.15, 0.2) is 35.2 Å². The van der Waals surface area contributed by atoms with Gasteiger partial charge < -0.3 is 19.2 Å². The fourth-order valence-electron chi connectivity index (χ4n) is 2.75. The Balaban J connectivity index is 2.05. The predicted octanol–water partition coefficient (Wildman–Crippen LogP) is 4.50. The number of aromatic nitrogens is 1. The highest BCUT2D eigenvalue weighted by Crippen LogP contribution is 2.35. The maximum atomic E-state index is 12.9. The Bertz CT molecular complexity index is 1030. The second-order valence-corrected chi connectivity index (χ2v) is 6.51. The van der Waals surface area contributed by atoms with Gasteiger partial charge in [-0.25, -0.2) is 0 Å². The monoisotopic (exact) mass is 422 g/mol.